The van der Waals surface area contributed by atoms with Gasteiger partial charge in [-0.15, -0.1) is 11.3 Å². The number of allylic oxidation sites excluding steroid dienone is 7. The highest BCUT2D eigenvalue weighted by Gasteiger charge is 2.32. The summed E-state index contributed by atoms with van der Waals surface area (Å²) in [5, 5.41) is 5.88. The standard InChI is InChI=1S/C51H31N3S/c1-2-11-30(12-3-1)43-29-44(53-51(52-43)41-26-24-33-22-21-31-13-10-14-32-23-25-37(41)47(33)46(31)32)36-27-28-39(35-16-5-4-15-34(35)36)48-38-17-6-7-18-40(38)50-49(54-48)42-19-8-9-20-45(42)55-50/h1-21,23-29,46H,22H2. The zero-order valence-electron chi connectivity index (χ0n) is 29.7. The van der Waals surface area contributed by atoms with Crippen LogP contribution in [0.1, 0.15) is 22.6 Å². The Kier molecular flexibility index (Phi) is 6.63. The highest BCUT2D eigenvalue weighted by molar-refractivity contribution is 7.26. The normalized spacial score (nSPS) is 15.5. The van der Waals surface area contributed by atoms with Crippen LogP contribution in [0.4, 0.5) is 0 Å². The Bertz CT molecular complexity index is 3230. The van der Waals surface area contributed by atoms with E-state index < -0.39 is 0 Å². The van der Waals surface area contributed by atoms with Gasteiger partial charge in [-0.2, -0.15) is 0 Å². The van der Waals surface area contributed by atoms with Crippen LogP contribution in [0.2, 0.25) is 0 Å². The van der Waals surface area contributed by atoms with Crippen LogP contribution in [0.5, 0.6) is 0 Å². The Balaban J connectivity index is 1.08. The van der Waals surface area contributed by atoms with Crippen molar-refractivity contribution >= 4 is 59.3 Å². The number of aromatic nitrogens is 3. The minimum absolute atomic E-state index is 0.262. The minimum atomic E-state index is 0.262. The van der Waals surface area contributed by atoms with Gasteiger partial charge in [0.25, 0.3) is 0 Å². The highest BCUT2D eigenvalue weighted by atomic mass is 32.1. The van der Waals surface area contributed by atoms with E-state index in [1.807, 2.05) is 11.3 Å². The van der Waals surface area contributed by atoms with E-state index in [1.165, 1.54) is 48.0 Å². The Morgan fingerprint density at radius 1 is 0.545 bits per heavy atom. The largest absolute Gasteiger partial charge is 0.246 e. The van der Waals surface area contributed by atoms with Crippen LogP contribution in [-0.4, -0.2) is 15.0 Å². The predicted molar refractivity (Wildman–Crippen MR) is 230 cm³/mol. The first-order valence-corrected chi connectivity index (χ1v) is 19.7. The van der Waals surface area contributed by atoms with Crippen LogP contribution in [0, 0.1) is 0 Å². The van der Waals surface area contributed by atoms with Gasteiger partial charge in [-0.3, -0.25) is 0 Å². The lowest BCUT2D eigenvalue weighted by Gasteiger charge is -2.33. The molecule has 55 heavy (non-hydrogen) atoms. The lowest BCUT2D eigenvalue weighted by Crippen LogP contribution is -2.18. The average Bonchev–Trinajstić information content (AvgIpc) is 3.64. The third-order valence-corrected chi connectivity index (χ3v) is 12.8. The van der Waals surface area contributed by atoms with Gasteiger partial charge in [-0.25, -0.2) is 15.0 Å². The molecule has 3 aliphatic rings. The van der Waals surface area contributed by atoms with Gasteiger partial charge in [0.05, 0.1) is 27.3 Å². The van der Waals surface area contributed by atoms with Crippen molar-refractivity contribution in [2.45, 2.75) is 12.3 Å². The Morgan fingerprint density at radius 2 is 1.25 bits per heavy atom. The highest BCUT2D eigenvalue weighted by Crippen LogP contribution is 2.49. The van der Waals surface area contributed by atoms with E-state index in [9.17, 15) is 0 Å². The first kappa shape index (κ1) is 30.7. The second-order valence-electron chi connectivity index (χ2n) is 14.6. The molecule has 0 amide bonds. The van der Waals surface area contributed by atoms with Crippen molar-refractivity contribution in [1.82, 2.24) is 15.0 Å². The van der Waals surface area contributed by atoms with Crippen molar-refractivity contribution in [1.29, 1.82) is 0 Å². The Hall–Kier alpha value is -6.75. The van der Waals surface area contributed by atoms with Crippen molar-refractivity contribution in [2.75, 3.05) is 0 Å². The number of fused-ring (bicyclic) bond motifs is 6. The second kappa shape index (κ2) is 11.9. The fourth-order valence-corrected chi connectivity index (χ4v) is 10.3. The van der Waals surface area contributed by atoms with E-state index in [2.05, 4.69) is 170 Å². The first-order chi connectivity index (χ1) is 27.3. The maximum Gasteiger partial charge on any atom is 0.161 e. The van der Waals surface area contributed by atoms with E-state index in [1.54, 1.807) is 0 Å². The molecule has 0 saturated heterocycles. The zero-order chi connectivity index (χ0) is 36.0. The summed E-state index contributed by atoms with van der Waals surface area (Å²) in [4.78, 5) is 16.2. The van der Waals surface area contributed by atoms with Gasteiger partial charge < -0.3 is 0 Å². The Morgan fingerprint density at radius 3 is 2.13 bits per heavy atom. The summed E-state index contributed by atoms with van der Waals surface area (Å²) in [5.41, 5.74) is 14.9. The summed E-state index contributed by atoms with van der Waals surface area (Å²) >= 11 is 1.83. The fourth-order valence-electron chi connectivity index (χ4n) is 9.09. The van der Waals surface area contributed by atoms with Gasteiger partial charge >= 0.3 is 0 Å². The van der Waals surface area contributed by atoms with Crippen LogP contribution in [0.15, 0.2) is 175 Å². The molecular formula is C51H31N3S. The molecule has 4 heteroatoms. The van der Waals surface area contributed by atoms with E-state index in [4.69, 9.17) is 15.0 Å². The molecule has 3 heterocycles. The molecule has 0 fully saturated rings. The first-order valence-electron chi connectivity index (χ1n) is 18.9. The van der Waals surface area contributed by atoms with E-state index in [-0.39, 0.29) is 5.92 Å². The summed E-state index contributed by atoms with van der Waals surface area (Å²) in [6, 6.07) is 47.7. The second-order valence-corrected chi connectivity index (χ2v) is 15.7. The maximum absolute atomic E-state index is 5.47. The molecular weight excluding hydrogens is 687 g/mol. The molecule has 0 spiro atoms. The van der Waals surface area contributed by atoms with Crippen LogP contribution in [-0.2, 0) is 6.42 Å². The topological polar surface area (TPSA) is 38.7 Å². The molecule has 0 radical (unpaired) electrons. The predicted octanol–water partition coefficient (Wildman–Crippen LogP) is 13.3. The molecule has 0 saturated carbocycles. The van der Waals surface area contributed by atoms with Gasteiger partial charge in [-0.05, 0) is 57.2 Å². The van der Waals surface area contributed by atoms with Crippen LogP contribution < -0.4 is 0 Å². The van der Waals surface area contributed by atoms with Crippen molar-refractivity contribution in [3.8, 4) is 45.2 Å². The van der Waals surface area contributed by atoms with Crippen molar-refractivity contribution in [3.63, 3.8) is 0 Å². The number of hydrogen-bond acceptors (Lipinski definition) is 4. The Labute approximate surface area is 322 Å². The summed E-state index contributed by atoms with van der Waals surface area (Å²) < 4.78 is 2.49. The monoisotopic (exact) mass is 717 g/mol. The number of rotatable bonds is 4. The summed E-state index contributed by atoms with van der Waals surface area (Å²) in [7, 11) is 0. The molecule has 3 aromatic heterocycles. The molecule has 0 N–H and O–H groups in total. The van der Waals surface area contributed by atoms with Gasteiger partial charge in [0, 0.05) is 49.0 Å². The third-order valence-electron chi connectivity index (χ3n) is 11.6. The van der Waals surface area contributed by atoms with Crippen molar-refractivity contribution in [3.05, 3.63) is 192 Å². The van der Waals surface area contributed by atoms with Gasteiger partial charge in [0.2, 0.25) is 0 Å². The zero-order valence-corrected chi connectivity index (χ0v) is 30.5. The maximum atomic E-state index is 5.47. The average molecular weight is 718 g/mol. The van der Waals surface area contributed by atoms with E-state index in [0.29, 0.717) is 0 Å². The lowest BCUT2D eigenvalue weighted by atomic mass is 9.70. The molecule has 3 nitrogen and oxygen atoms in total. The van der Waals surface area contributed by atoms with Gasteiger partial charge in [0.15, 0.2) is 5.82 Å². The van der Waals surface area contributed by atoms with Gasteiger partial charge in [-0.1, -0.05) is 158 Å². The third kappa shape index (κ3) is 4.65. The lowest BCUT2D eigenvalue weighted by molar-refractivity contribution is 0.892. The minimum Gasteiger partial charge on any atom is -0.246 e. The van der Waals surface area contributed by atoms with Crippen molar-refractivity contribution < 1.29 is 0 Å². The molecule has 1 atom stereocenters. The molecule has 6 aromatic carbocycles. The summed E-state index contributed by atoms with van der Waals surface area (Å²) in [6.07, 6.45) is 14.6. The van der Waals surface area contributed by atoms with E-state index >= 15 is 0 Å². The van der Waals surface area contributed by atoms with Crippen molar-refractivity contribution in [2.24, 2.45) is 0 Å². The molecule has 3 aliphatic carbocycles. The number of nitrogens with zero attached hydrogens (tertiary/aromatic N) is 3. The number of thiophene rings is 1. The SMILES string of the molecule is C1=CC2=CCc3ccc(-c4nc(-c5ccccc5)cc(-c5ccc(-c6nc7c8ccccc8sc7c7ccccc67)c6ccccc56)n4)c4c3C2C(=C1)C=C4. The molecule has 9 aromatic rings. The van der Waals surface area contributed by atoms with Crippen LogP contribution in [0.3, 0.4) is 0 Å². The molecule has 256 valence electrons. The van der Waals surface area contributed by atoms with Crippen LogP contribution >= 0.6 is 11.3 Å². The quantitative estimate of drug-likeness (QED) is 0.182. The van der Waals surface area contributed by atoms with Gasteiger partial charge in [0.1, 0.15) is 0 Å². The fraction of sp³-hybridized carbons (Fsp3) is 0.0392. The molecule has 0 aliphatic heterocycles. The smallest absolute Gasteiger partial charge is 0.161 e. The number of benzene rings is 6. The number of pyridine rings is 1. The summed E-state index contributed by atoms with van der Waals surface area (Å²) in [6.45, 7) is 0. The van der Waals surface area contributed by atoms with E-state index in [0.717, 1.165) is 73.3 Å². The molecule has 12 rings (SSSR count). The summed E-state index contributed by atoms with van der Waals surface area (Å²) in [5.74, 6) is 1.00. The van der Waals surface area contributed by atoms with Crippen LogP contribution in [0.25, 0.3) is 93.1 Å². The molecule has 0 bridgehead atoms. The number of hydrogen-bond donors (Lipinski definition) is 0. The molecule has 1 unspecified atom stereocenters.